The van der Waals surface area contributed by atoms with Gasteiger partial charge in [0.2, 0.25) is 0 Å². The molecule has 6 rings (SSSR count). The zero-order valence-electron chi connectivity index (χ0n) is 21.7. The van der Waals surface area contributed by atoms with Crippen molar-refractivity contribution in [1.82, 2.24) is 19.8 Å². The predicted molar refractivity (Wildman–Crippen MR) is 145 cm³/mol. The van der Waals surface area contributed by atoms with Crippen LogP contribution in [-0.4, -0.2) is 60.8 Å². The molecular formula is C29H38N4O2S. The number of imidazole rings is 1. The number of likely N-dealkylation sites (tertiary alicyclic amines) is 1. The van der Waals surface area contributed by atoms with Gasteiger partial charge < -0.3 is 9.88 Å². The maximum absolute atomic E-state index is 11.9. The zero-order chi connectivity index (χ0) is 25.0. The van der Waals surface area contributed by atoms with E-state index in [2.05, 4.69) is 40.9 Å². The number of nitrogens with one attached hydrogen (secondary N) is 1. The summed E-state index contributed by atoms with van der Waals surface area (Å²) >= 11 is 0. The predicted octanol–water partition coefficient (Wildman–Crippen LogP) is 4.66. The third-order valence-electron chi connectivity index (χ3n) is 8.84. The number of aromatic nitrogens is 2. The Morgan fingerprint density at radius 2 is 1.72 bits per heavy atom. The Kier molecular flexibility index (Phi) is 6.21. The van der Waals surface area contributed by atoms with Gasteiger partial charge in [-0.25, -0.2) is 13.4 Å². The lowest BCUT2D eigenvalue weighted by molar-refractivity contribution is 0.0557. The van der Waals surface area contributed by atoms with Crippen LogP contribution >= 0.6 is 0 Å². The summed E-state index contributed by atoms with van der Waals surface area (Å²) in [5, 5.41) is 3.54. The van der Waals surface area contributed by atoms with Gasteiger partial charge in [-0.2, -0.15) is 0 Å². The maximum Gasteiger partial charge on any atom is 0.175 e. The van der Waals surface area contributed by atoms with Crippen LogP contribution in [0.5, 0.6) is 0 Å². The van der Waals surface area contributed by atoms with Gasteiger partial charge in [-0.05, 0) is 118 Å². The van der Waals surface area contributed by atoms with Gasteiger partial charge >= 0.3 is 0 Å². The minimum absolute atomic E-state index is 0.338. The van der Waals surface area contributed by atoms with E-state index in [0.29, 0.717) is 10.8 Å². The Labute approximate surface area is 215 Å². The van der Waals surface area contributed by atoms with E-state index in [1.54, 1.807) is 12.1 Å². The average Bonchev–Trinajstić information content (AvgIpc) is 3.67. The minimum atomic E-state index is -3.21. The van der Waals surface area contributed by atoms with Crippen LogP contribution in [0.1, 0.15) is 55.6 Å². The lowest BCUT2D eigenvalue weighted by atomic mass is 9.81. The Hall–Kier alpha value is -2.22. The van der Waals surface area contributed by atoms with Crippen molar-refractivity contribution >= 4 is 20.9 Å². The monoisotopic (exact) mass is 506 g/mol. The summed E-state index contributed by atoms with van der Waals surface area (Å²) in [6.07, 6.45) is 9.14. The van der Waals surface area contributed by atoms with Gasteiger partial charge in [0.15, 0.2) is 9.84 Å². The third kappa shape index (κ3) is 4.50. The fourth-order valence-electron chi connectivity index (χ4n) is 6.68. The molecule has 1 N–H and O–H groups in total. The molecule has 7 heteroatoms. The highest BCUT2D eigenvalue weighted by molar-refractivity contribution is 7.90. The second kappa shape index (κ2) is 9.26. The lowest BCUT2D eigenvalue weighted by Gasteiger charge is -2.46. The summed E-state index contributed by atoms with van der Waals surface area (Å²) in [4.78, 5) is 8.22. The Morgan fingerprint density at radius 3 is 2.39 bits per heavy atom. The van der Waals surface area contributed by atoms with Crippen LogP contribution in [0.3, 0.4) is 0 Å². The first-order valence-corrected chi connectivity index (χ1v) is 15.4. The molecule has 1 aromatic heterocycles. The van der Waals surface area contributed by atoms with Crippen molar-refractivity contribution < 1.29 is 8.42 Å². The summed E-state index contributed by atoms with van der Waals surface area (Å²) in [5.41, 5.74) is 5.81. The number of nitrogens with zero attached hydrogens (tertiary/aromatic N) is 3. The van der Waals surface area contributed by atoms with Crippen LogP contribution in [0.25, 0.3) is 22.4 Å². The van der Waals surface area contributed by atoms with Crippen LogP contribution < -0.4 is 5.32 Å². The molecule has 0 bridgehead atoms. The lowest BCUT2D eigenvalue weighted by Crippen LogP contribution is -2.52. The molecule has 3 fully saturated rings. The molecule has 2 aliphatic heterocycles. The van der Waals surface area contributed by atoms with Crippen molar-refractivity contribution in [1.29, 1.82) is 0 Å². The summed E-state index contributed by atoms with van der Waals surface area (Å²) in [6, 6.07) is 13.3. The third-order valence-corrected chi connectivity index (χ3v) is 9.97. The molecule has 192 valence electrons. The van der Waals surface area contributed by atoms with E-state index in [1.165, 1.54) is 62.5 Å². The molecule has 3 aliphatic rings. The molecule has 0 spiro atoms. The molecule has 2 saturated heterocycles. The molecule has 0 radical (unpaired) electrons. The van der Waals surface area contributed by atoms with Gasteiger partial charge in [-0.15, -0.1) is 0 Å². The van der Waals surface area contributed by atoms with Gasteiger partial charge in [-0.1, -0.05) is 6.07 Å². The Bertz CT molecular complexity index is 1370. The van der Waals surface area contributed by atoms with Crippen LogP contribution in [0.4, 0.5) is 0 Å². The average molecular weight is 507 g/mol. The molecule has 0 amide bonds. The van der Waals surface area contributed by atoms with Crippen molar-refractivity contribution in [3.63, 3.8) is 0 Å². The number of rotatable bonds is 5. The van der Waals surface area contributed by atoms with E-state index < -0.39 is 9.84 Å². The van der Waals surface area contributed by atoms with Crippen molar-refractivity contribution in [3.05, 3.63) is 47.5 Å². The molecule has 2 atom stereocenters. The highest BCUT2D eigenvalue weighted by atomic mass is 32.2. The topological polar surface area (TPSA) is 67.2 Å². The van der Waals surface area contributed by atoms with Crippen LogP contribution in [-0.2, 0) is 16.9 Å². The molecule has 36 heavy (non-hydrogen) atoms. The van der Waals surface area contributed by atoms with Crippen molar-refractivity contribution in [3.8, 4) is 11.4 Å². The number of hydrogen-bond donors (Lipinski definition) is 1. The number of aryl methyl sites for hydroxylation is 2. The van der Waals surface area contributed by atoms with E-state index in [9.17, 15) is 8.42 Å². The number of sulfone groups is 1. The van der Waals surface area contributed by atoms with Crippen LogP contribution in [0, 0.1) is 12.8 Å². The minimum Gasteiger partial charge on any atom is -0.327 e. The van der Waals surface area contributed by atoms with Gasteiger partial charge in [0, 0.05) is 31.0 Å². The largest absolute Gasteiger partial charge is 0.327 e. The molecule has 1 unspecified atom stereocenters. The molecule has 1 saturated carbocycles. The molecule has 2 aromatic carbocycles. The molecule has 3 heterocycles. The quantitative estimate of drug-likeness (QED) is 0.545. The number of fused-ring (bicyclic) bond motifs is 1. The summed E-state index contributed by atoms with van der Waals surface area (Å²) in [7, 11) is -1.14. The smallest absolute Gasteiger partial charge is 0.175 e. The van der Waals surface area contributed by atoms with E-state index in [0.717, 1.165) is 53.5 Å². The number of hydrogen-bond acceptors (Lipinski definition) is 5. The first-order chi connectivity index (χ1) is 17.3. The first kappa shape index (κ1) is 24.1. The standard InChI is InChI=1S/C29H38N4O2S/c1-19-16-23(22-12-15-33(24-10-13-30-14-11-24)26(17-22)20-4-5-20)18-27-28(19)31-29(32(27)2)21-6-8-25(9-7-21)36(3,34)35/h6-9,16,18,20,22,24,26,30H,4-5,10-15,17H2,1-3H3/t22?,26-/m1/s1. The van der Waals surface area contributed by atoms with E-state index in [4.69, 9.17) is 4.98 Å². The van der Waals surface area contributed by atoms with Crippen LogP contribution in [0.15, 0.2) is 41.3 Å². The van der Waals surface area contributed by atoms with Crippen LogP contribution in [0.2, 0.25) is 0 Å². The Balaban J connectivity index is 1.29. The van der Waals surface area contributed by atoms with Gasteiger partial charge in [-0.3, -0.25) is 4.90 Å². The molecular weight excluding hydrogens is 468 g/mol. The fourth-order valence-corrected chi connectivity index (χ4v) is 7.31. The van der Waals surface area contributed by atoms with E-state index >= 15 is 0 Å². The van der Waals surface area contributed by atoms with Crippen molar-refractivity contribution in [2.75, 3.05) is 25.9 Å². The van der Waals surface area contributed by atoms with Gasteiger partial charge in [0.05, 0.1) is 15.9 Å². The summed E-state index contributed by atoms with van der Waals surface area (Å²) in [6.45, 7) is 5.73. The zero-order valence-corrected chi connectivity index (χ0v) is 22.5. The molecule has 3 aromatic rings. The SMILES string of the molecule is Cc1cc(C2CCN(C3CCNCC3)[C@@H](C3CC3)C2)cc2c1nc(-c1ccc(S(C)(=O)=O)cc1)n2C. The van der Waals surface area contributed by atoms with Gasteiger partial charge in [0.25, 0.3) is 0 Å². The number of piperidine rings is 2. The van der Waals surface area contributed by atoms with E-state index in [-0.39, 0.29) is 0 Å². The summed E-state index contributed by atoms with van der Waals surface area (Å²) in [5.74, 6) is 2.37. The summed E-state index contributed by atoms with van der Waals surface area (Å²) < 4.78 is 25.9. The fraction of sp³-hybridized carbons (Fsp3) is 0.552. The second-order valence-corrected chi connectivity index (χ2v) is 13.4. The number of benzene rings is 2. The Morgan fingerprint density at radius 1 is 1.00 bits per heavy atom. The highest BCUT2D eigenvalue weighted by Crippen LogP contribution is 2.45. The van der Waals surface area contributed by atoms with Gasteiger partial charge in [0.1, 0.15) is 5.82 Å². The normalized spacial score (nSPS) is 24.4. The molecule has 6 nitrogen and oxygen atoms in total. The van der Waals surface area contributed by atoms with Crippen molar-refractivity contribution in [2.24, 2.45) is 13.0 Å². The molecule has 1 aliphatic carbocycles. The first-order valence-electron chi connectivity index (χ1n) is 13.5. The maximum atomic E-state index is 11.9. The van der Waals surface area contributed by atoms with Crippen molar-refractivity contribution in [2.45, 2.75) is 68.3 Å². The second-order valence-electron chi connectivity index (χ2n) is 11.3. The highest BCUT2D eigenvalue weighted by Gasteiger charge is 2.42. The van der Waals surface area contributed by atoms with E-state index in [1.807, 2.05) is 12.1 Å².